The number of hydrogen-bond donors (Lipinski definition) is 3. The van der Waals surface area contributed by atoms with Crippen LogP contribution in [0.5, 0.6) is 0 Å². The fourth-order valence-electron chi connectivity index (χ4n) is 1.91. The van der Waals surface area contributed by atoms with Crippen molar-refractivity contribution >= 4 is 11.7 Å². The third kappa shape index (κ3) is 3.45. The largest absolute Gasteiger partial charge is 0.478 e. The smallest absolute Gasteiger partial charge is 0.338 e. The first-order valence-electron chi connectivity index (χ1n) is 6.46. The number of hydrogen-bond acceptors (Lipinski definition) is 3. The monoisotopic (exact) mass is 287 g/mol. The number of carboxylic acids is 1. The van der Waals surface area contributed by atoms with Crippen molar-refractivity contribution in [2.75, 3.05) is 18.5 Å². The van der Waals surface area contributed by atoms with Gasteiger partial charge in [-0.15, -0.1) is 0 Å². The first kappa shape index (κ1) is 16.4. The molecule has 0 aliphatic carbocycles. The molecule has 0 aromatic heterocycles. The molecular formula is C14H19F2NO3. The topological polar surface area (TPSA) is 69.6 Å². The quantitative estimate of drug-likeness (QED) is 0.721. The van der Waals surface area contributed by atoms with Crippen LogP contribution in [-0.2, 0) is 0 Å². The number of benzene rings is 1. The van der Waals surface area contributed by atoms with Gasteiger partial charge in [0.2, 0.25) is 0 Å². The normalized spacial score (nSPS) is 11.4. The lowest BCUT2D eigenvalue weighted by Crippen LogP contribution is -2.32. The number of aliphatic hydroxyl groups excluding tert-OH is 1. The maximum atomic E-state index is 13.6. The van der Waals surface area contributed by atoms with Gasteiger partial charge >= 0.3 is 5.97 Å². The Balaban J connectivity index is 2.98. The van der Waals surface area contributed by atoms with Crippen molar-refractivity contribution in [3.05, 3.63) is 29.3 Å². The Morgan fingerprint density at radius 3 is 2.30 bits per heavy atom. The molecule has 4 nitrogen and oxygen atoms in total. The lowest BCUT2D eigenvalue weighted by molar-refractivity contribution is 0.0692. The van der Waals surface area contributed by atoms with E-state index in [2.05, 4.69) is 5.32 Å². The third-order valence-corrected chi connectivity index (χ3v) is 3.78. The molecule has 0 saturated carbocycles. The molecule has 0 radical (unpaired) electrons. The van der Waals surface area contributed by atoms with E-state index in [9.17, 15) is 18.7 Å². The standard InChI is InChI=1S/C14H19F2NO3/c1-3-14(4-2,8-18)7-17-12-5-9(13(19)20)10(15)6-11(12)16/h5-6,17-18H,3-4,7-8H2,1-2H3,(H,19,20). The summed E-state index contributed by atoms with van der Waals surface area (Å²) in [7, 11) is 0. The molecule has 20 heavy (non-hydrogen) atoms. The van der Waals surface area contributed by atoms with Crippen molar-refractivity contribution in [3.8, 4) is 0 Å². The van der Waals surface area contributed by atoms with E-state index in [1.165, 1.54) is 0 Å². The van der Waals surface area contributed by atoms with Crippen LogP contribution in [0.15, 0.2) is 12.1 Å². The molecule has 0 fully saturated rings. The molecular weight excluding hydrogens is 268 g/mol. The molecule has 1 rings (SSSR count). The Kier molecular flexibility index (Phi) is 5.44. The van der Waals surface area contributed by atoms with E-state index in [1.807, 2.05) is 13.8 Å². The Morgan fingerprint density at radius 2 is 1.85 bits per heavy atom. The summed E-state index contributed by atoms with van der Waals surface area (Å²) < 4.78 is 26.9. The summed E-state index contributed by atoms with van der Waals surface area (Å²) in [6, 6.07) is 1.48. The van der Waals surface area contributed by atoms with E-state index >= 15 is 0 Å². The predicted molar refractivity (Wildman–Crippen MR) is 71.9 cm³/mol. The van der Waals surface area contributed by atoms with E-state index in [1.54, 1.807) is 0 Å². The van der Waals surface area contributed by atoms with Crippen molar-refractivity contribution in [2.24, 2.45) is 5.41 Å². The summed E-state index contributed by atoms with van der Waals surface area (Å²) >= 11 is 0. The molecule has 0 amide bonds. The molecule has 1 aromatic rings. The average Bonchev–Trinajstić information content (AvgIpc) is 2.42. The zero-order chi connectivity index (χ0) is 15.3. The molecule has 0 spiro atoms. The highest BCUT2D eigenvalue weighted by Gasteiger charge is 2.25. The van der Waals surface area contributed by atoms with Gasteiger partial charge in [0.25, 0.3) is 0 Å². The average molecular weight is 287 g/mol. The molecule has 0 heterocycles. The molecule has 0 unspecified atom stereocenters. The fraction of sp³-hybridized carbons (Fsp3) is 0.500. The lowest BCUT2D eigenvalue weighted by atomic mass is 9.83. The van der Waals surface area contributed by atoms with Crippen LogP contribution in [0.25, 0.3) is 0 Å². The molecule has 0 aliphatic heterocycles. The van der Waals surface area contributed by atoms with E-state index in [0.717, 1.165) is 6.07 Å². The Morgan fingerprint density at radius 1 is 1.25 bits per heavy atom. The highest BCUT2D eigenvalue weighted by Crippen LogP contribution is 2.27. The molecule has 0 saturated heterocycles. The van der Waals surface area contributed by atoms with Gasteiger partial charge in [-0.2, -0.15) is 0 Å². The van der Waals surface area contributed by atoms with Crippen molar-refractivity contribution in [1.29, 1.82) is 0 Å². The zero-order valence-corrected chi connectivity index (χ0v) is 11.5. The number of aliphatic hydroxyl groups is 1. The lowest BCUT2D eigenvalue weighted by Gasteiger charge is -2.30. The first-order chi connectivity index (χ1) is 9.39. The van der Waals surface area contributed by atoms with E-state index < -0.39 is 28.6 Å². The summed E-state index contributed by atoms with van der Waals surface area (Å²) in [5.41, 5.74) is -1.08. The first-order valence-corrected chi connectivity index (χ1v) is 6.46. The maximum Gasteiger partial charge on any atom is 0.338 e. The Labute approximate surface area is 116 Å². The van der Waals surface area contributed by atoms with Gasteiger partial charge in [0.15, 0.2) is 0 Å². The van der Waals surface area contributed by atoms with Crippen LogP contribution in [0, 0.1) is 17.0 Å². The number of nitrogens with one attached hydrogen (secondary N) is 1. The Bertz CT molecular complexity index is 479. The van der Waals surface area contributed by atoms with Crippen molar-refractivity contribution in [2.45, 2.75) is 26.7 Å². The minimum Gasteiger partial charge on any atom is -0.478 e. The number of halogens is 2. The van der Waals surface area contributed by atoms with Gasteiger partial charge in [0.1, 0.15) is 11.6 Å². The predicted octanol–water partition coefficient (Wildman–Crippen LogP) is 2.87. The van der Waals surface area contributed by atoms with Crippen molar-refractivity contribution in [3.63, 3.8) is 0 Å². The van der Waals surface area contributed by atoms with Gasteiger partial charge in [-0.25, -0.2) is 13.6 Å². The van der Waals surface area contributed by atoms with Crippen LogP contribution in [0.4, 0.5) is 14.5 Å². The Hall–Kier alpha value is -1.69. The second kappa shape index (κ2) is 6.65. The molecule has 6 heteroatoms. The van der Waals surface area contributed by atoms with Crippen molar-refractivity contribution in [1.82, 2.24) is 0 Å². The van der Waals surface area contributed by atoms with Gasteiger partial charge in [-0.1, -0.05) is 13.8 Å². The van der Waals surface area contributed by atoms with Crippen LogP contribution in [0.3, 0.4) is 0 Å². The van der Waals surface area contributed by atoms with Gasteiger partial charge in [-0.3, -0.25) is 0 Å². The number of rotatable bonds is 7. The van der Waals surface area contributed by atoms with Crippen LogP contribution in [0.2, 0.25) is 0 Å². The number of anilines is 1. The zero-order valence-electron chi connectivity index (χ0n) is 11.5. The van der Waals surface area contributed by atoms with Crippen LogP contribution < -0.4 is 5.32 Å². The number of carbonyl (C=O) groups is 1. The van der Waals surface area contributed by atoms with Gasteiger partial charge < -0.3 is 15.5 Å². The summed E-state index contributed by atoms with van der Waals surface area (Å²) in [5.74, 6) is -3.42. The van der Waals surface area contributed by atoms with E-state index in [-0.39, 0.29) is 18.8 Å². The van der Waals surface area contributed by atoms with Crippen LogP contribution in [-0.4, -0.2) is 29.3 Å². The molecule has 3 N–H and O–H groups in total. The molecule has 1 aromatic carbocycles. The second-order valence-electron chi connectivity index (χ2n) is 4.84. The summed E-state index contributed by atoms with van der Waals surface area (Å²) in [4.78, 5) is 10.8. The van der Waals surface area contributed by atoms with Crippen LogP contribution in [0.1, 0.15) is 37.0 Å². The van der Waals surface area contributed by atoms with Crippen LogP contribution >= 0.6 is 0 Å². The van der Waals surface area contributed by atoms with Gasteiger partial charge in [0, 0.05) is 18.0 Å². The summed E-state index contributed by atoms with van der Waals surface area (Å²) in [6.07, 6.45) is 1.36. The van der Waals surface area contributed by atoms with Gasteiger partial charge in [-0.05, 0) is 18.9 Å². The molecule has 0 atom stereocenters. The second-order valence-corrected chi connectivity index (χ2v) is 4.84. The summed E-state index contributed by atoms with van der Waals surface area (Å²) in [6.45, 7) is 4.02. The number of aromatic carboxylic acids is 1. The number of carboxylic acid groups (broad SMARTS) is 1. The minimum absolute atomic E-state index is 0.0679. The third-order valence-electron chi connectivity index (χ3n) is 3.78. The highest BCUT2D eigenvalue weighted by molar-refractivity contribution is 5.89. The van der Waals surface area contributed by atoms with E-state index in [0.29, 0.717) is 18.9 Å². The fourth-order valence-corrected chi connectivity index (χ4v) is 1.91. The van der Waals surface area contributed by atoms with E-state index in [4.69, 9.17) is 5.11 Å². The molecule has 0 bridgehead atoms. The van der Waals surface area contributed by atoms with Gasteiger partial charge in [0.05, 0.1) is 17.9 Å². The molecule has 112 valence electrons. The molecule has 0 aliphatic rings. The highest BCUT2D eigenvalue weighted by atomic mass is 19.1. The maximum absolute atomic E-state index is 13.6. The van der Waals surface area contributed by atoms with Crippen molar-refractivity contribution < 1.29 is 23.8 Å². The minimum atomic E-state index is -1.45. The summed E-state index contributed by atoms with van der Waals surface area (Å²) in [5, 5.41) is 21.0. The SMILES string of the molecule is CCC(CC)(CO)CNc1cc(C(=O)O)c(F)cc1F.